The molecule has 0 aliphatic carbocycles. The van der Waals surface area contributed by atoms with Crippen molar-refractivity contribution < 1.29 is 9.72 Å². The van der Waals surface area contributed by atoms with Crippen molar-refractivity contribution in [3.8, 4) is 0 Å². The summed E-state index contributed by atoms with van der Waals surface area (Å²) in [6.45, 7) is 3.98. The van der Waals surface area contributed by atoms with E-state index in [0.29, 0.717) is 5.56 Å². The van der Waals surface area contributed by atoms with Gasteiger partial charge < -0.3 is 5.32 Å². The Kier molecular flexibility index (Phi) is 4.63. The summed E-state index contributed by atoms with van der Waals surface area (Å²) >= 11 is 0. The van der Waals surface area contributed by atoms with Crippen LogP contribution >= 0.6 is 0 Å². The predicted octanol–water partition coefficient (Wildman–Crippen LogP) is 2.51. The summed E-state index contributed by atoms with van der Waals surface area (Å²) in [5.74, 6) is -0.262. The van der Waals surface area contributed by atoms with Crippen LogP contribution in [0.2, 0.25) is 0 Å². The summed E-state index contributed by atoms with van der Waals surface area (Å²) in [6.07, 6.45) is 1.69. The monoisotopic (exact) mass is 236 g/mol. The second-order valence-electron chi connectivity index (χ2n) is 3.79. The molecule has 0 heterocycles. The molecule has 1 aromatic carbocycles. The number of benzene rings is 1. The zero-order valence-corrected chi connectivity index (χ0v) is 9.97. The van der Waals surface area contributed by atoms with Gasteiger partial charge in [-0.3, -0.25) is 14.9 Å². The van der Waals surface area contributed by atoms with Crippen LogP contribution in [0.5, 0.6) is 0 Å². The maximum Gasteiger partial charge on any atom is 0.270 e. The molecule has 1 N–H and O–H groups in total. The largest absolute Gasteiger partial charge is 0.349 e. The van der Waals surface area contributed by atoms with E-state index in [4.69, 9.17) is 0 Å². The van der Waals surface area contributed by atoms with Crippen LogP contribution in [0.25, 0.3) is 0 Å². The highest BCUT2D eigenvalue weighted by Crippen LogP contribution is 2.13. The molecule has 0 aromatic heterocycles. The number of rotatable bonds is 5. The fourth-order valence-electron chi connectivity index (χ4n) is 1.52. The molecule has 0 saturated heterocycles. The Bertz CT molecular complexity index is 414. The smallest absolute Gasteiger partial charge is 0.270 e. The van der Waals surface area contributed by atoms with Gasteiger partial charge in [-0.2, -0.15) is 0 Å². The highest BCUT2D eigenvalue weighted by atomic mass is 16.6. The van der Waals surface area contributed by atoms with E-state index in [1.54, 1.807) is 6.07 Å². The average Bonchev–Trinajstić information content (AvgIpc) is 2.35. The summed E-state index contributed by atoms with van der Waals surface area (Å²) in [5, 5.41) is 13.4. The van der Waals surface area contributed by atoms with Crippen molar-refractivity contribution in [3.05, 3.63) is 39.9 Å². The van der Waals surface area contributed by atoms with Crippen LogP contribution in [-0.4, -0.2) is 16.9 Å². The van der Waals surface area contributed by atoms with Gasteiger partial charge in [0.1, 0.15) is 0 Å². The topological polar surface area (TPSA) is 72.2 Å². The van der Waals surface area contributed by atoms with Crippen molar-refractivity contribution in [1.29, 1.82) is 0 Å². The van der Waals surface area contributed by atoms with Gasteiger partial charge in [0.05, 0.1) is 4.92 Å². The van der Waals surface area contributed by atoms with Crippen molar-refractivity contribution in [2.45, 2.75) is 32.7 Å². The van der Waals surface area contributed by atoms with Gasteiger partial charge in [-0.05, 0) is 18.9 Å². The van der Waals surface area contributed by atoms with E-state index in [-0.39, 0.29) is 17.6 Å². The molecular formula is C12H16N2O3. The third-order valence-corrected chi connectivity index (χ3v) is 2.64. The lowest BCUT2D eigenvalue weighted by Crippen LogP contribution is -2.33. The molecule has 0 fully saturated rings. The van der Waals surface area contributed by atoms with Gasteiger partial charge in [-0.1, -0.05) is 19.9 Å². The number of carbonyl (C=O) groups is 1. The van der Waals surface area contributed by atoms with Crippen LogP contribution in [-0.2, 0) is 0 Å². The number of carbonyl (C=O) groups excluding carboxylic acids is 1. The average molecular weight is 236 g/mol. The Morgan fingerprint density at radius 2 is 2.06 bits per heavy atom. The van der Waals surface area contributed by atoms with Crippen LogP contribution in [0.4, 0.5) is 5.69 Å². The molecule has 1 amide bonds. The first-order valence-electron chi connectivity index (χ1n) is 5.63. The number of non-ortho nitro benzene ring substituents is 1. The van der Waals surface area contributed by atoms with Crippen LogP contribution < -0.4 is 5.32 Å². The highest BCUT2D eigenvalue weighted by Gasteiger charge is 2.13. The second kappa shape index (κ2) is 5.98. The standard InChI is InChI=1S/C12H16N2O3/c1-3-10(4-2)13-12(15)9-6-5-7-11(8-9)14(16)17/h5-8,10H,3-4H2,1-2H3,(H,13,15). The summed E-state index contributed by atoms with van der Waals surface area (Å²) < 4.78 is 0. The van der Waals surface area contributed by atoms with Gasteiger partial charge in [0.25, 0.3) is 11.6 Å². The van der Waals surface area contributed by atoms with Crippen LogP contribution in [0, 0.1) is 10.1 Å². The van der Waals surface area contributed by atoms with Crippen LogP contribution in [0.15, 0.2) is 24.3 Å². The van der Waals surface area contributed by atoms with E-state index in [2.05, 4.69) is 5.32 Å². The molecule has 0 atom stereocenters. The maximum atomic E-state index is 11.8. The van der Waals surface area contributed by atoms with Gasteiger partial charge in [-0.15, -0.1) is 0 Å². The predicted molar refractivity (Wildman–Crippen MR) is 64.9 cm³/mol. The Morgan fingerprint density at radius 3 is 2.59 bits per heavy atom. The number of amides is 1. The lowest BCUT2D eigenvalue weighted by molar-refractivity contribution is -0.384. The molecule has 0 aliphatic heterocycles. The minimum Gasteiger partial charge on any atom is -0.349 e. The van der Waals surface area contributed by atoms with Crippen molar-refractivity contribution in [1.82, 2.24) is 5.32 Å². The summed E-state index contributed by atoms with van der Waals surface area (Å²) in [4.78, 5) is 21.9. The minimum atomic E-state index is -0.506. The number of nitro benzene ring substituents is 1. The molecule has 1 rings (SSSR count). The second-order valence-corrected chi connectivity index (χ2v) is 3.79. The van der Waals surface area contributed by atoms with Gasteiger partial charge in [0.15, 0.2) is 0 Å². The molecule has 0 unspecified atom stereocenters. The molecule has 0 aliphatic rings. The Labute approximate surface area is 100.0 Å². The quantitative estimate of drug-likeness (QED) is 0.630. The molecule has 92 valence electrons. The van der Waals surface area contributed by atoms with E-state index < -0.39 is 4.92 Å². The molecule has 0 radical (unpaired) electrons. The maximum absolute atomic E-state index is 11.8. The van der Waals surface area contributed by atoms with Crippen molar-refractivity contribution in [2.75, 3.05) is 0 Å². The number of hydrogen-bond donors (Lipinski definition) is 1. The fraction of sp³-hybridized carbons (Fsp3) is 0.417. The van der Waals surface area contributed by atoms with Gasteiger partial charge in [0.2, 0.25) is 0 Å². The SMILES string of the molecule is CCC(CC)NC(=O)c1cccc([N+](=O)[O-])c1. The van der Waals surface area contributed by atoms with E-state index in [1.807, 2.05) is 13.8 Å². The van der Waals surface area contributed by atoms with E-state index in [0.717, 1.165) is 12.8 Å². The third-order valence-electron chi connectivity index (χ3n) is 2.64. The van der Waals surface area contributed by atoms with Gasteiger partial charge in [0, 0.05) is 23.7 Å². The van der Waals surface area contributed by atoms with E-state index in [1.165, 1.54) is 18.2 Å². The molecule has 1 aromatic rings. The number of nitrogens with zero attached hydrogens (tertiary/aromatic N) is 1. The Morgan fingerprint density at radius 1 is 1.41 bits per heavy atom. The van der Waals surface area contributed by atoms with Crippen LogP contribution in [0.1, 0.15) is 37.0 Å². The van der Waals surface area contributed by atoms with E-state index in [9.17, 15) is 14.9 Å². The van der Waals surface area contributed by atoms with Crippen LogP contribution in [0.3, 0.4) is 0 Å². The lowest BCUT2D eigenvalue weighted by atomic mass is 10.1. The first kappa shape index (κ1) is 13.2. The Hall–Kier alpha value is -1.91. The zero-order valence-electron chi connectivity index (χ0n) is 9.97. The molecule has 17 heavy (non-hydrogen) atoms. The normalized spacial score (nSPS) is 10.3. The number of hydrogen-bond acceptors (Lipinski definition) is 3. The molecular weight excluding hydrogens is 220 g/mol. The Balaban J connectivity index is 2.82. The highest BCUT2D eigenvalue weighted by molar-refractivity contribution is 5.94. The number of nitro groups is 1. The third kappa shape index (κ3) is 3.55. The minimum absolute atomic E-state index is 0.0674. The molecule has 0 bridgehead atoms. The van der Waals surface area contributed by atoms with Crippen molar-refractivity contribution in [3.63, 3.8) is 0 Å². The molecule has 5 nitrogen and oxygen atoms in total. The van der Waals surface area contributed by atoms with Gasteiger partial charge >= 0.3 is 0 Å². The number of nitrogens with one attached hydrogen (secondary N) is 1. The fourth-order valence-corrected chi connectivity index (χ4v) is 1.52. The summed E-state index contributed by atoms with van der Waals surface area (Å²) in [6, 6.07) is 5.86. The molecule has 5 heteroatoms. The summed E-state index contributed by atoms with van der Waals surface area (Å²) in [7, 11) is 0. The first-order valence-corrected chi connectivity index (χ1v) is 5.63. The molecule has 0 saturated carbocycles. The van der Waals surface area contributed by atoms with Gasteiger partial charge in [-0.25, -0.2) is 0 Å². The molecule has 0 spiro atoms. The van der Waals surface area contributed by atoms with Crippen molar-refractivity contribution in [2.24, 2.45) is 0 Å². The van der Waals surface area contributed by atoms with Crippen molar-refractivity contribution >= 4 is 11.6 Å². The first-order chi connectivity index (χ1) is 8.08. The lowest BCUT2D eigenvalue weighted by Gasteiger charge is -2.14. The summed E-state index contributed by atoms with van der Waals surface area (Å²) in [5.41, 5.74) is 0.258. The zero-order chi connectivity index (χ0) is 12.8. The van der Waals surface area contributed by atoms with E-state index >= 15 is 0 Å².